The molecule has 0 aliphatic carbocycles. The van der Waals surface area contributed by atoms with Gasteiger partial charge in [0, 0.05) is 12.0 Å². The summed E-state index contributed by atoms with van der Waals surface area (Å²) in [6.07, 6.45) is 0.862. The number of para-hydroxylation sites is 1. The molecule has 1 aliphatic heterocycles. The van der Waals surface area contributed by atoms with Gasteiger partial charge in [0.25, 0.3) is 0 Å². The number of guanidine groups is 1. The van der Waals surface area contributed by atoms with Gasteiger partial charge in [0.05, 0.1) is 30.8 Å². The lowest BCUT2D eigenvalue weighted by Crippen LogP contribution is -2.37. The zero-order valence-corrected chi connectivity index (χ0v) is 15.0. The monoisotopic (exact) mass is 389 g/mol. The van der Waals surface area contributed by atoms with Crippen LogP contribution in [-0.4, -0.2) is 19.7 Å². The first-order valence-electron chi connectivity index (χ1n) is 7.78. The van der Waals surface area contributed by atoms with Crippen molar-refractivity contribution in [1.82, 2.24) is 5.32 Å². The molecule has 2 aromatic carbocycles. The Morgan fingerprint density at radius 3 is 3.00 bits per heavy atom. The third-order valence-corrected chi connectivity index (χ3v) is 4.55. The lowest BCUT2D eigenvalue weighted by molar-refractivity contribution is 0.262. The number of nitrogens with two attached hydrogens (primary N) is 1. The molecule has 2 aromatic rings. The van der Waals surface area contributed by atoms with Crippen molar-refractivity contribution in [3.05, 3.63) is 58.1 Å². The summed E-state index contributed by atoms with van der Waals surface area (Å²) in [5.74, 6) is 2.14. The minimum absolute atomic E-state index is 0.126. The number of nitrogens with one attached hydrogen (secondary N) is 1. The molecule has 126 valence electrons. The minimum atomic E-state index is 0.126. The largest absolute Gasteiger partial charge is 0.496 e. The summed E-state index contributed by atoms with van der Waals surface area (Å²) < 4.78 is 11.8. The van der Waals surface area contributed by atoms with Gasteiger partial charge < -0.3 is 20.5 Å². The van der Waals surface area contributed by atoms with Gasteiger partial charge in [0.15, 0.2) is 5.96 Å². The van der Waals surface area contributed by atoms with Gasteiger partial charge in [-0.1, -0.05) is 24.3 Å². The van der Waals surface area contributed by atoms with Gasteiger partial charge in [-0.15, -0.1) is 0 Å². The van der Waals surface area contributed by atoms with Crippen LogP contribution in [0.4, 0.5) is 0 Å². The zero-order valence-electron chi connectivity index (χ0n) is 13.5. The molecule has 1 aliphatic rings. The first kappa shape index (κ1) is 16.6. The number of hydrogen-bond acceptors (Lipinski definition) is 3. The molecule has 6 heteroatoms. The van der Waals surface area contributed by atoms with Gasteiger partial charge in [0.2, 0.25) is 0 Å². The summed E-state index contributed by atoms with van der Waals surface area (Å²) in [5, 5.41) is 3.29. The van der Waals surface area contributed by atoms with Crippen LogP contribution in [0.2, 0.25) is 0 Å². The molecule has 24 heavy (non-hydrogen) atoms. The second-order valence-electron chi connectivity index (χ2n) is 5.54. The van der Waals surface area contributed by atoms with Crippen LogP contribution in [0, 0.1) is 0 Å². The molecule has 0 fully saturated rings. The fourth-order valence-electron chi connectivity index (χ4n) is 2.70. The normalized spacial score (nSPS) is 16.9. The Kier molecular flexibility index (Phi) is 5.25. The van der Waals surface area contributed by atoms with E-state index in [0.717, 1.165) is 33.5 Å². The molecule has 1 unspecified atom stereocenters. The average Bonchev–Trinajstić information content (AvgIpc) is 2.60. The van der Waals surface area contributed by atoms with Crippen molar-refractivity contribution >= 4 is 21.9 Å². The van der Waals surface area contributed by atoms with Crippen LogP contribution in [0.1, 0.15) is 23.6 Å². The number of hydrogen-bond donors (Lipinski definition) is 2. The summed E-state index contributed by atoms with van der Waals surface area (Å²) in [6.45, 7) is 1.18. The Balaban J connectivity index is 1.66. The molecule has 3 N–H and O–H groups in total. The molecular formula is C18H20BrN3O2. The minimum Gasteiger partial charge on any atom is -0.496 e. The van der Waals surface area contributed by atoms with E-state index in [2.05, 4.69) is 32.3 Å². The Morgan fingerprint density at radius 2 is 2.21 bits per heavy atom. The molecule has 3 rings (SSSR count). The van der Waals surface area contributed by atoms with E-state index in [0.29, 0.717) is 19.1 Å². The Morgan fingerprint density at radius 1 is 1.38 bits per heavy atom. The number of benzene rings is 2. The van der Waals surface area contributed by atoms with Crippen molar-refractivity contribution < 1.29 is 9.47 Å². The highest BCUT2D eigenvalue weighted by Crippen LogP contribution is 2.31. The van der Waals surface area contributed by atoms with Crippen molar-refractivity contribution in [2.75, 3.05) is 13.7 Å². The van der Waals surface area contributed by atoms with Gasteiger partial charge in [-0.25, -0.2) is 4.99 Å². The van der Waals surface area contributed by atoms with Crippen LogP contribution in [0.25, 0.3) is 0 Å². The third kappa shape index (κ3) is 3.82. The summed E-state index contributed by atoms with van der Waals surface area (Å²) >= 11 is 3.48. The van der Waals surface area contributed by atoms with Crippen LogP contribution in [0.5, 0.6) is 11.5 Å². The number of fused-ring (bicyclic) bond motifs is 1. The van der Waals surface area contributed by atoms with Gasteiger partial charge in [-0.05, 0) is 39.7 Å². The van der Waals surface area contributed by atoms with E-state index in [1.165, 1.54) is 0 Å². The van der Waals surface area contributed by atoms with Crippen molar-refractivity contribution in [2.24, 2.45) is 10.7 Å². The fraction of sp³-hybridized carbons (Fsp3) is 0.278. The molecule has 0 bridgehead atoms. The molecule has 1 heterocycles. The lowest BCUT2D eigenvalue weighted by Gasteiger charge is -2.26. The molecule has 0 radical (unpaired) electrons. The quantitative estimate of drug-likeness (QED) is 0.621. The van der Waals surface area contributed by atoms with E-state index in [4.69, 9.17) is 15.2 Å². The average molecular weight is 390 g/mol. The van der Waals surface area contributed by atoms with Crippen LogP contribution in [0.3, 0.4) is 0 Å². The lowest BCUT2D eigenvalue weighted by atomic mass is 10.0. The van der Waals surface area contributed by atoms with Crippen molar-refractivity contribution in [2.45, 2.75) is 19.0 Å². The second-order valence-corrected chi connectivity index (χ2v) is 6.40. The van der Waals surface area contributed by atoms with E-state index in [1.54, 1.807) is 7.11 Å². The number of halogens is 1. The number of aliphatic imine (C=N–C) groups is 1. The summed E-state index contributed by atoms with van der Waals surface area (Å²) in [7, 11) is 1.64. The number of ether oxygens (including phenoxy) is 2. The number of rotatable bonds is 4. The first-order valence-corrected chi connectivity index (χ1v) is 8.57. The Bertz CT molecular complexity index is 749. The van der Waals surface area contributed by atoms with E-state index >= 15 is 0 Å². The van der Waals surface area contributed by atoms with Gasteiger partial charge in [-0.2, -0.15) is 0 Å². The fourth-order valence-corrected chi connectivity index (χ4v) is 3.29. The molecule has 0 aromatic heterocycles. The molecule has 5 nitrogen and oxygen atoms in total. The first-order chi connectivity index (χ1) is 11.7. The molecule has 0 amide bonds. The molecular weight excluding hydrogens is 370 g/mol. The highest BCUT2D eigenvalue weighted by atomic mass is 79.9. The highest BCUT2D eigenvalue weighted by Gasteiger charge is 2.21. The number of nitrogens with zero attached hydrogens (tertiary/aromatic N) is 1. The molecule has 0 saturated carbocycles. The maximum Gasteiger partial charge on any atom is 0.189 e. The van der Waals surface area contributed by atoms with Gasteiger partial charge in [0.1, 0.15) is 11.5 Å². The molecule has 1 atom stereocenters. The van der Waals surface area contributed by atoms with Gasteiger partial charge in [-0.3, -0.25) is 0 Å². The Labute approximate surface area is 150 Å². The van der Waals surface area contributed by atoms with Gasteiger partial charge >= 0.3 is 0 Å². The third-order valence-electron chi connectivity index (χ3n) is 3.93. The molecule has 0 spiro atoms. The Hall–Kier alpha value is -2.21. The summed E-state index contributed by atoms with van der Waals surface area (Å²) in [4.78, 5) is 4.44. The summed E-state index contributed by atoms with van der Waals surface area (Å²) in [5.41, 5.74) is 8.24. The van der Waals surface area contributed by atoms with E-state index in [9.17, 15) is 0 Å². The smallest absolute Gasteiger partial charge is 0.189 e. The van der Waals surface area contributed by atoms with Crippen molar-refractivity contribution in [3.8, 4) is 11.5 Å². The maximum atomic E-state index is 6.07. The number of methoxy groups -OCH3 is 1. The standard InChI is InChI=1S/C18H20BrN3O2/c1-23-17-7-6-12(10-14(17)19)11-21-18(20)22-15-8-9-24-16-5-3-2-4-13(15)16/h2-7,10,15H,8-9,11H2,1H3,(H3,20,21,22). The van der Waals surface area contributed by atoms with E-state index in [-0.39, 0.29) is 6.04 Å². The summed E-state index contributed by atoms with van der Waals surface area (Å²) in [6, 6.07) is 14.0. The van der Waals surface area contributed by atoms with Crippen LogP contribution in [-0.2, 0) is 6.54 Å². The van der Waals surface area contributed by atoms with Crippen molar-refractivity contribution in [3.63, 3.8) is 0 Å². The van der Waals surface area contributed by atoms with Crippen LogP contribution >= 0.6 is 15.9 Å². The predicted octanol–water partition coefficient (Wildman–Crippen LogP) is 3.39. The van der Waals surface area contributed by atoms with E-state index < -0.39 is 0 Å². The van der Waals surface area contributed by atoms with E-state index in [1.807, 2.05) is 36.4 Å². The van der Waals surface area contributed by atoms with Crippen molar-refractivity contribution in [1.29, 1.82) is 0 Å². The zero-order chi connectivity index (χ0) is 16.9. The van der Waals surface area contributed by atoms with Crippen LogP contribution < -0.4 is 20.5 Å². The van der Waals surface area contributed by atoms with Crippen LogP contribution in [0.15, 0.2) is 51.9 Å². The second kappa shape index (κ2) is 7.57. The predicted molar refractivity (Wildman–Crippen MR) is 98.5 cm³/mol. The highest BCUT2D eigenvalue weighted by molar-refractivity contribution is 9.10. The maximum absolute atomic E-state index is 6.07. The molecule has 0 saturated heterocycles. The topological polar surface area (TPSA) is 68.9 Å². The SMILES string of the molecule is COc1ccc(CN=C(N)NC2CCOc3ccccc32)cc1Br.